The molecule has 0 radical (unpaired) electrons. The molecule has 3 heterocycles. The molecule has 0 atom stereocenters. The van der Waals surface area contributed by atoms with Gasteiger partial charge in [0.25, 0.3) is 5.91 Å². The van der Waals surface area contributed by atoms with Crippen LogP contribution in [-0.2, 0) is 17.6 Å². The molecule has 178 valence electrons. The molecule has 6 nitrogen and oxygen atoms in total. The highest BCUT2D eigenvalue weighted by atomic mass is 19.1. The van der Waals surface area contributed by atoms with Crippen molar-refractivity contribution >= 4 is 11.5 Å². The fourth-order valence-electron chi connectivity index (χ4n) is 4.21. The highest BCUT2D eigenvalue weighted by Gasteiger charge is 2.28. The van der Waals surface area contributed by atoms with Crippen LogP contribution in [0.25, 0.3) is 5.57 Å². The Morgan fingerprint density at radius 1 is 1.21 bits per heavy atom. The summed E-state index contributed by atoms with van der Waals surface area (Å²) in [7, 11) is 0. The van der Waals surface area contributed by atoms with E-state index < -0.39 is 5.91 Å². The number of carbonyl (C=O) groups excluding carboxylic acids is 1. The molecule has 2 aliphatic heterocycles. The molecule has 0 aliphatic carbocycles. The zero-order valence-corrected chi connectivity index (χ0v) is 19.8. The quantitative estimate of drug-likeness (QED) is 0.682. The first-order valence-electron chi connectivity index (χ1n) is 11.6. The van der Waals surface area contributed by atoms with Crippen LogP contribution in [0.2, 0.25) is 0 Å². The number of morpholine rings is 1. The molecule has 0 unspecified atom stereocenters. The number of rotatable bonds is 5. The Hall–Kier alpha value is -2.61. The minimum Gasteiger partial charge on any atom is -0.379 e. The van der Waals surface area contributed by atoms with E-state index >= 15 is 0 Å². The minimum atomic E-state index is -0.402. The number of allylic oxidation sites excluding steroid dienone is 1. The Bertz CT molecular complexity index is 969. The van der Waals surface area contributed by atoms with Crippen LogP contribution in [0.15, 0.2) is 36.5 Å². The molecule has 2 aromatic rings. The first-order chi connectivity index (χ1) is 15.9. The summed E-state index contributed by atoms with van der Waals surface area (Å²) >= 11 is 0. The van der Waals surface area contributed by atoms with Crippen molar-refractivity contribution < 1.29 is 19.1 Å². The van der Waals surface area contributed by atoms with E-state index in [4.69, 9.17) is 4.74 Å². The summed E-state index contributed by atoms with van der Waals surface area (Å²) in [5.41, 5.74) is 6.00. The number of amides is 1. The number of pyridine rings is 1. The molecule has 2 aliphatic rings. The molecule has 1 fully saturated rings. The molecule has 1 amide bonds. The molecule has 7 heteroatoms. The van der Waals surface area contributed by atoms with Gasteiger partial charge in [-0.05, 0) is 73.1 Å². The van der Waals surface area contributed by atoms with Gasteiger partial charge in [0.05, 0.1) is 19.8 Å². The van der Waals surface area contributed by atoms with Crippen molar-refractivity contribution in [2.45, 2.75) is 40.0 Å². The largest absolute Gasteiger partial charge is 0.379 e. The second-order valence-corrected chi connectivity index (χ2v) is 8.32. The standard InChI is InChI=1S/C18H25N3O3.C8H9F/c1-3-14(4-6-20-8-10-24-11-9-20)16-13(2)12-19-17-15(16)5-7-21(23)18(17)22;1-2-7-3-5-8(9)6-4-7/h3,12,23H,4-11H2,1-2H3;3-6H,2H2,1H3/b14-3-;. The van der Waals surface area contributed by atoms with E-state index in [1.165, 1.54) is 23.3 Å². The van der Waals surface area contributed by atoms with Crippen LogP contribution in [0.4, 0.5) is 4.39 Å². The van der Waals surface area contributed by atoms with Crippen molar-refractivity contribution in [3.05, 3.63) is 70.3 Å². The number of ether oxygens (including phenoxy) is 1. The molecule has 1 aromatic carbocycles. The zero-order chi connectivity index (χ0) is 23.8. The van der Waals surface area contributed by atoms with Crippen LogP contribution in [0.3, 0.4) is 0 Å². The van der Waals surface area contributed by atoms with Crippen LogP contribution in [0.5, 0.6) is 0 Å². The monoisotopic (exact) mass is 455 g/mol. The van der Waals surface area contributed by atoms with E-state index in [0.717, 1.165) is 67.4 Å². The summed E-state index contributed by atoms with van der Waals surface area (Å²) in [6.45, 7) is 11.0. The summed E-state index contributed by atoms with van der Waals surface area (Å²) < 4.78 is 17.6. The third kappa shape index (κ3) is 6.47. The maximum Gasteiger partial charge on any atom is 0.296 e. The highest BCUT2D eigenvalue weighted by molar-refractivity contribution is 5.95. The van der Waals surface area contributed by atoms with E-state index in [9.17, 15) is 14.4 Å². The molecular weight excluding hydrogens is 421 g/mol. The third-order valence-electron chi connectivity index (χ3n) is 6.17. The van der Waals surface area contributed by atoms with E-state index in [1.807, 2.05) is 20.8 Å². The van der Waals surface area contributed by atoms with E-state index in [2.05, 4.69) is 16.0 Å². The Balaban J connectivity index is 0.000000286. The zero-order valence-electron chi connectivity index (χ0n) is 19.8. The van der Waals surface area contributed by atoms with Gasteiger partial charge in [-0.3, -0.25) is 19.9 Å². The topological polar surface area (TPSA) is 65.9 Å². The number of halogens is 1. The van der Waals surface area contributed by atoms with Gasteiger partial charge >= 0.3 is 0 Å². The van der Waals surface area contributed by atoms with Crippen molar-refractivity contribution in [2.75, 3.05) is 39.4 Å². The van der Waals surface area contributed by atoms with Gasteiger partial charge in [0.15, 0.2) is 0 Å². The van der Waals surface area contributed by atoms with E-state index in [1.54, 1.807) is 18.3 Å². The van der Waals surface area contributed by atoms with Gasteiger partial charge in [0.2, 0.25) is 0 Å². The number of hydroxylamine groups is 2. The number of nitrogens with zero attached hydrogens (tertiary/aromatic N) is 3. The molecule has 4 rings (SSSR count). The number of hydrogen-bond donors (Lipinski definition) is 1. The van der Waals surface area contributed by atoms with Gasteiger partial charge in [0, 0.05) is 25.8 Å². The third-order valence-corrected chi connectivity index (χ3v) is 6.17. The van der Waals surface area contributed by atoms with Crippen LogP contribution in [-0.4, -0.2) is 65.5 Å². The van der Waals surface area contributed by atoms with Gasteiger partial charge in [0.1, 0.15) is 11.5 Å². The lowest BCUT2D eigenvalue weighted by molar-refractivity contribution is -0.0607. The van der Waals surface area contributed by atoms with Crippen molar-refractivity contribution in [3.8, 4) is 0 Å². The summed E-state index contributed by atoms with van der Waals surface area (Å²) in [6.07, 6.45) is 6.42. The normalized spacial score (nSPS) is 16.8. The van der Waals surface area contributed by atoms with Crippen molar-refractivity contribution in [1.29, 1.82) is 0 Å². The number of aromatic nitrogens is 1. The lowest BCUT2D eigenvalue weighted by atomic mass is 9.89. The van der Waals surface area contributed by atoms with Gasteiger partial charge in [-0.1, -0.05) is 25.1 Å². The summed E-state index contributed by atoms with van der Waals surface area (Å²) in [5.74, 6) is -0.562. The van der Waals surface area contributed by atoms with E-state index in [-0.39, 0.29) is 5.82 Å². The number of carbonyl (C=O) groups is 1. The van der Waals surface area contributed by atoms with E-state index in [0.29, 0.717) is 18.7 Å². The van der Waals surface area contributed by atoms with Crippen molar-refractivity contribution in [2.24, 2.45) is 0 Å². The molecule has 0 bridgehead atoms. The molecular formula is C26H34FN3O3. The lowest BCUT2D eigenvalue weighted by Crippen LogP contribution is -2.37. The SMILES string of the molecule is C/C=C(/CCN1CCOCC1)c1c(C)cnc2c1CCN(O)C2=O.CCc1ccc(F)cc1. The second kappa shape index (κ2) is 12.0. The number of hydrogen-bond acceptors (Lipinski definition) is 5. The predicted molar refractivity (Wildman–Crippen MR) is 127 cm³/mol. The van der Waals surface area contributed by atoms with Crippen molar-refractivity contribution in [1.82, 2.24) is 14.9 Å². The smallest absolute Gasteiger partial charge is 0.296 e. The highest BCUT2D eigenvalue weighted by Crippen LogP contribution is 2.30. The molecule has 1 saturated heterocycles. The van der Waals surface area contributed by atoms with Gasteiger partial charge in [-0.2, -0.15) is 0 Å². The first-order valence-corrected chi connectivity index (χ1v) is 11.6. The fourth-order valence-corrected chi connectivity index (χ4v) is 4.21. The second-order valence-electron chi connectivity index (χ2n) is 8.32. The van der Waals surface area contributed by atoms with Gasteiger partial charge < -0.3 is 4.74 Å². The number of aryl methyl sites for hydroxylation is 2. The predicted octanol–water partition coefficient (Wildman–Crippen LogP) is 4.29. The van der Waals surface area contributed by atoms with Gasteiger partial charge in [-0.15, -0.1) is 0 Å². The van der Waals surface area contributed by atoms with Crippen LogP contribution in [0.1, 0.15) is 53.0 Å². The summed E-state index contributed by atoms with van der Waals surface area (Å²) in [6, 6.07) is 6.57. The molecule has 1 N–H and O–H groups in total. The van der Waals surface area contributed by atoms with Crippen LogP contribution < -0.4 is 0 Å². The Morgan fingerprint density at radius 2 is 1.91 bits per heavy atom. The Labute approximate surface area is 195 Å². The lowest BCUT2D eigenvalue weighted by Gasteiger charge is -2.28. The summed E-state index contributed by atoms with van der Waals surface area (Å²) in [4.78, 5) is 18.9. The Morgan fingerprint density at radius 3 is 2.55 bits per heavy atom. The average molecular weight is 456 g/mol. The van der Waals surface area contributed by atoms with Gasteiger partial charge in [-0.25, -0.2) is 9.45 Å². The van der Waals surface area contributed by atoms with Crippen molar-refractivity contribution in [3.63, 3.8) is 0 Å². The number of fused-ring (bicyclic) bond motifs is 1. The molecule has 33 heavy (non-hydrogen) atoms. The molecule has 0 spiro atoms. The molecule has 0 saturated carbocycles. The maximum atomic E-state index is 12.2. The number of benzene rings is 1. The Kier molecular flexibility index (Phi) is 9.11. The molecule has 1 aromatic heterocycles. The maximum absolute atomic E-state index is 12.2. The van der Waals surface area contributed by atoms with Crippen LogP contribution in [0, 0.1) is 12.7 Å². The van der Waals surface area contributed by atoms with Crippen LogP contribution >= 0.6 is 0 Å². The summed E-state index contributed by atoms with van der Waals surface area (Å²) in [5, 5.41) is 10.4. The first kappa shape index (κ1) is 25.0. The fraction of sp³-hybridized carbons (Fsp3) is 0.462. The average Bonchev–Trinajstić information content (AvgIpc) is 2.84. The minimum absolute atomic E-state index is 0.160.